The van der Waals surface area contributed by atoms with Crippen molar-refractivity contribution in [2.24, 2.45) is 0 Å². The van der Waals surface area contributed by atoms with Crippen molar-refractivity contribution in [1.82, 2.24) is 0 Å². The van der Waals surface area contributed by atoms with Gasteiger partial charge in [-0.15, -0.1) is 0 Å². The lowest BCUT2D eigenvalue weighted by atomic mass is 9.99. The molecule has 2 atom stereocenters. The highest BCUT2D eigenvalue weighted by Crippen LogP contribution is 2.13. The number of hydrogen-bond donors (Lipinski definition) is 2. The van der Waals surface area contributed by atoms with Crippen molar-refractivity contribution in [1.29, 1.82) is 0 Å². The van der Waals surface area contributed by atoms with Gasteiger partial charge >= 0.3 is 0 Å². The third-order valence-corrected chi connectivity index (χ3v) is 3.25. The summed E-state index contributed by atoms with van der Waals surface area (Å²) in [6, 6.07) is 8.71. The zero-order valence-corrected chi connectivity index (χ0v) is 11.6. The van der Waals surface area contributed by atoms with E-state index in [1.807, 2.05) is 6.07 Å². The number of hydrogen-bond acceptors (Lipinski definition) is 3. The Morgan fingerprint density at radius 2 is 1.79 bits per heavy atom. The Morgan fingerprint density at radius 3 is 2.42 bits per heavy atom. The fourth-order valence-electron chi connectivity index (χ4n) is 2.08. The van der Waals surface area contributed by atoms with Gasteiger partial charge in [-0.1, -0.05) is 62.9 Å². The van der Waals surface area contributed by atoms with E-state index in [0.29, 0.717) is 12.0 Å². The molecule has 3 heteroatoms. The SMILES string of the molecule is CCCCCCC(O)CC(O)C(=O)c1ccccc1. The van der Waals surface area contributed by atoms with Crippen LogP contribution in [0.25, 0.3) is 0 Å². The number of carbonyl (C=O) groups excluding carboxylic acids is 1. The number of carbonyl (C=O) groups is 1. The molecule has 1 aromatic rings. The van der Waals surface area contributed by atoms with E-state index in [2.05, 4.69) is 6.92 Å². The van der Waals surface area contributed by atoms with Crippen molar-refractivity contribution in [3.8, 4) is 0 Å². The Balaban J connectivity index is 2.33. The van der Waals surface area contributed by atoms with Gasteiger partial charge in [0.25, 0.3) is 0 Å². The molecule has 0 heterocycles. The minimum atomic E-state index is -1.11. The molecule has 0 amide bonds. The maximum Gasteiger partial charge on any atom is 0.191 e. The Kier molecular flexibility index (Phi) is 7.38. The van der Waals surface area contributed by atoms with Crippen molar-refractivity contribution >= 4 is 5.78 Å². The van der Waals surface area contributed by atoms with Gasteiger partial charge in [0.1, 0.15) is 6.10 Å². The highest BCUT2D eigenvalue weighted by atomic mass is 16.3. The number of ketones is 1. The predicted octanol–water partition coefficient (Wildman–Crippen LogP) is 2.95. The highest BCUT2D eigenvalue weighted by Gasteiger charge is 2.20. The standard InChI is InChI=1S/C16H24O3/c1-2-3-4-8-11-14(17)12-15(18)16(19)13-9-6-5-7-10-13/h5-7,9-10,14-15,17-18H,2-4,8,11-12H2,1H3. The molecule has 0 aromatic heterocycles. The third kappa shape index (κ3) is 5.99. The molecule has 0 aliphatic carbocycles. The van der Waals surface area contributed by atoms with E-state index in [-0.39, 0.29) is 12.2 Å². The summed E-state index contributed by atoms with van der Waals surface area (Å²) in [5.74, 6) is -0.312. The first-order valence-corrected chi connectivity index (χ1v) is 7.10. The van der Waals surface area contributed by atoms with Gasteiger partial charge in [-0.25, -0.2) is 0 Å². The molecule has 2 N–H and O–H groups in total. The third-order valence-electron chi connectivity index (χ3n) is 3.25. The maximum absolute atomic E-state index is 11.9. The molecular formula is C16H24O3. The summed E-state index contributed by atoms with van der Waals surface area (Å²) >= 11 is 0. The van der Waals surface area contributed by atoms with Crippen LogP contribution in [0, 0.1) is 0 Å². The largest absolute Gasteiger partial charge is 0.393 e. The van der Waals surface area contributed by atoms with E-state index in [1.54, 1.807) is 24.3 Å². The van der Waals surface area contributed by atoms with E-state index in [9.17, 15) is 15.0 Å². The monoisotopic (exact) mass is 264 g/mol. The second kappa shape index (κ2) is 8.83. The molecule has 0 aliphatic rings. The summed E-state index contributed by atoms with van der Waals surface area (Å²) in [6.45, 7) is 2.14. The summed E-state index contributed by atoms with van der Waals surface area (Å²) in [7, 11) is 0. The molecule has 0 spiro atoms. The van der Waals surface area contributed by atoms with Gasteiger partial charge < -0.3 is 10.2 Å². The number of rotatable bonds is 9. The van der Waals surface area contributed by atoms with Gasteiger partial charge in [0, 0.05) is 12.0 Å². The smallest absolute Gasteiger partial charge is 0.191 e. The van der Waals surface area contributed by atoms with Gasteiger partial charge in [0.05, 0.1) is 6.10 Å². The van der Waals surface area contributed by atoms with Crippen LogP contribution in [0.5, 0.6) is 0 Å². The van der Waals surface area contributed by atoms with Crippen molar-refractivity contribution in [3.63, 3.8) is 0 Å². The first kappa shape index (κ1) is 15.9. The van der Waals surface area contributed by atoms with Crippen LogP contribution in [0.2, 0.25) is 0 Å². The number of aliphatic hydroxyl groups is 2. The lowest BCUT2D eigenvalue weighted by molar-refractivity contribution is 0.0533. The molecule has 0 bridgehead atoms. The van der Waals surface area contributed by atoms with Crippen LogP contribution >= 0.6 is 0 Å². The fourth-order valence-corrected chi connectivity index (χ4v) is 2.08. The van der Waals surface area contributed by atoms with E-state index >= 15 is 0 Å². The molecule has 0 aliphatic heterocycles. The number of unbranched alkanes of at least 4 members (excludes halogenated alkanes) is 3. The van der Waals surface area contributed by atoms with Crippen molar-refractivity contribution in [2.45, 2.75) is 57.7 Å². The average Bonchev–Trinajstić information content (AvgIpc) is 2.43. The molecule has 0 saturated heterocycles. The van der Waals surface area contributed by atoms with Crippen LogP contribution < -0.4 is 0 Å². The summed E-state index contributed by atoms with van der Waals surface area (Å²) in [5.41, 5.74) is 0.494. The molecule has 0 radical (unpaired) electrons. The normalized spacial score (nSPS) is 14.1. The minimum Gasteiger partial charge on any atom is -0.393 e. The molecule has 19 heavy (non-hydrogen) atoms. The van der Waals surface area contributed by atoms with Crippen LogP contribution in [0.4, 0.5) is 0 Å². The van der Waals surface area contributed by atoms with Gasteiger partial charge in [-0.05, 0) is 6.42 Å². The molecular weight excluding hydrogens is 240 g/mol. The van der Waals surface area contributed by atoms with Crippen LogP contribution in [-0.4, -0.2) is 28.2 Å². The molecule has 1 rings (SSSR count). The molecule has 0 saturated carbocycles. The predicted molar refractivity (Wildman–Crippen MR) is 76.2 cm³/mol. The quantitative estimate of drug-likeness (QED) is 0.532. The number of aliphatic hydroxyl groups excluding tert-OH is 2. The second-order valence-electron chi connectivity index (χ2n) is 4.98. The fraction of sp³-hybridized carbons (Fsp3) is 0.562. The molecule has 2 unspecified atom stereocenters. The van der Waals surface area contributed by atoms with Crippen LogP contribution in [0.15, 0.2) is 30.3 Å². The van der Waals surface area contributed by atoms with Gasteiger partial charge in [-0.3, -0.25) is 4.79 Å². The summed E-state index contributed by atoms with van der Waals surface area (Å²) in [4.78, 5) is 11.9. The Morgan fingerprint density at radius 1 is 1.11 bits per heavy atom. The van der Waals surface area contributed by atoms with Crippen molar-refractivity contribution < 1.29 is 15.0 Å². The lowest BCUT2D eigenvalue weighted by Gasteiger charge is -2.14. The summed E-state index contributed by atoms with van der Waals surface area (Å²) < 4.78 is 0. The zero-order chi connectivity index (χ0) is 14.1. The zero-order valence-electron chi connectivity index (χ0n) is 11.6. The topological polar surface area (TPSA) is 57.5 Å². The van der Waals surface area contributed by atoms with Crippen molar-refractivity contribution in [3.05, 3.63) is 35.9 Å². The number of Topliss-reactive ketones (excluding diaryl/α,β-unsaturated/α-hetero) is 1. The molecule has 1 aromatic carbocycles. The van der Waals surface area contributed by atoms with E-state index in [1.165, 1.54) is 0 Å². The van der Waals surface area contributed by atoms with Crippen molar-refractivity contribution in [2.75, 3.05) is 0 Å². The summed E-state index contributed by atoms with van der Waals surface area (Å²) in [6.07, 6.45) is 3.43. The minimum absolute atomic E-state index is 0.125. The first-order chi connectivity index (χ1) is 9.15. The highest BCUT2D eigenvalue weighted by molar-refractivity contribution is 5.99. The molecule has 106 valence electrons. The van der Waals surface area contributed by atoms with Crippen LogP contribution in [0.1, 0.15) is 55.8 Å². The van der Waals surface area contributed by atoms with Crippen LogP contribution in [-0.2, 0) is 0 Å². The Labute approximate surface area is 115 Å². The van der Waals surface area contributed by atoms with Gasteiger partial charge in [0.2, 0.25) is 0 Å². The van der Waals surface area contributed by atoms with Gasteiger partial charge in [0.15, 0.2) is 5.78 Å². The molecule has 0 fully saturated rings. The average molecular weight is 264 g/mol. The maximum atomic E-state index is 11.9. The number of benzene rings is 1. The van der Waals surface area contributed by atoms with Gasteiger partial charge in [-0.2, -0.15) is 0 Å². The molecule has 3 nitrogen and oxygen atoms in total. The van der Waals surface area contributed by atoms with E-state index < -0.39 is 12.2 Å². The van der Waals surface area contributed by atoms with Crippen LogP contribution in [0.3, 0.4) is 0 Å². The lowest BCUT2D eigenvalue weighted by Crippen LogP contribution is -2.26. The first-order valence-electron chi connectivity index (χ1n) is 7.10. The Hall–Kier alpha value is -1.19. The summed E-state index contributed by atoms with van der Waals surface area (Å²) in [5, 5.41) is 19.6. The van der Waals surface area contributed by atoms with E-state index in [4.69, 9.17) is 0 Å². The second-order valence-corrected chi connectivity index (χ2v) is 4.98. The van der Waals surface area contributed by atoms with E-state index in [0.717, 1.165) is 25.7 Å². The Bertz CT molecular complexity index is 362.